The summed E-state index contributed by atoms with van der Waals surface area (Å²) < 4.78 is 34.0. The largest absolute Gasteiger partial charge is 0.496 e. The van der Waals surface area contributed by atoms with E-state index in [1.54, 1.807) is 38.4 Å². The lowest BCUT2D eigenvalue weighted by Crippen LogP contribution is -2.44. The molecule has 150 valence electrons. The number of carbonyl (C=O) groups is 2. The van der Waals surface area contributed by atoms with Crippen LogP contribution in [0, 0.1) is 0 Å². The molecule has 2 aromatic carbocycles. The molecule has 0 aromatic heterocycles. The van der Waals surface area contributed by atoms with Gasteiger partial charge in [0.2, 0.25) is 0 Å². The van der Waals surface area contributed by atoms with Gasteiger partial charge >= 0.3 is 5.97 Å². The lowest BCUT2D eigenvalue weighted by Gasteiger charge is -2.26. The first-order chi connectivity index (χ1) is 13.2. The van der Waals surface area contributed by atoms with Crippen LogP contribution in [-0.4, -0.2) is 63.0 Å². The highest BCUT2D eigenvalue weighted by Gasteiger charge is 2.35. The highest BCUT2D eigenvalue weighted by Crippen LogP contribution is 2.29. The van der Waals surface area contributed by atoms with Crippen LogP contribution in [0.4, 0.5) is 0 Å². The number of ether oxygens (including phenoxy) is 2. The molecule has 0 unspecified atom stereocenters. The van der Waals surface area contributed by atoms with Crippen molar-refractivity contribution in [2.45, 2.75) is 25.5 Å². The maximum atomic E-state index is 12.7. The Balaban J connectivity index is 1.76. The van der Waals surface area contributed by atoms with Crippen molar-refractivity contribution in [1.29, 1.82) is 0 Å². The van der Waals surface area contributed by atoms with Gasteiger partial charge in [0.15, 0.2) is 15.9 Å². The smallest absolute Gasteiger partial charge is 0.339 e. The zero-order chi connectivity index (χ0) is 20.5. The van der Waals surface area contributed by atoms with E-state index in [1.807, 2.05) is 12.1 Å². The molecule has 2 aromatic rings. The van der Waals surface area contributed by atoms with Crippen molar-refractivity contribution in [2.75, 3.05) is 25.7 Å². The molecule has 0 N–H and O–H groups in total. The van der Waals surface area contributed by atoms with Crippen LogP contribution < -0.4 is 4.74 Å². The zero-order valence-electron chi connectivity index (χ0n) is 16.0. The Morgan fingerprint density at radius 1 is 1.14 bits per heavy atom. The van der Waals surface area contributed by atoms with E-state index in [0.717, 1.165) is 5.39 Å². The van der Waals surface area contributed by atoms with E-state index < -0.39 is 27.8 Å². The molecule has 2 atom stereocenters. The van der Waals surface area contributed by atoms with Crippen LogP contribution in [0.3, 0.4) is 0 Å². The minimum absolute atomic E-state index is 0.0565. The Hall–Kier alpha value is -2.61. The number of amides is 1. The number of carbonyl (C=O) groups excluding carboxylic acids is 2. The van der Waals surface area contributed by atoms with Gasteiger partial charge in [-0.25, -0.2) is 13.2 Å². The van der Waals surface area contributed by atoms with Crippen LogP contribution in [0.25, 0.3) is 10.8 Å². The van der Waals surface area contributed by atoms with Crippen LogP contribution in [-0.2, 0) is 19.4 Å². The molecule has 0 radical (unpaired) electrons. The summed E-state index contributed by atoms with van der Waals surface area (Å²) in [6, 6.07) is 10.2. The lowest BCUT2D eigenvalue weighted by atomic mass is 10.0. The van der Waals surface area contributed by atoms with Crippen LogP contribution in [0.15, 0.2) is 36.4 Å². The van der Waals surface area contributed by atoms with Gasteiger partial charge in [-0.15, -0.1) is 0 Å². The van der Waals surface area contributed by atoms with Gasteiger partial charge in [0.05, 0.1) is 24.2 Å². The molecule has 28 heavy (non-hydrogen) atoms. The van der Waals surface area contributed by atoms with E-state index in [4.69, 9.17) is 9.47 Å². The third-order valence-corrected chi connectivity index (χ3v) is 6.81. The third kappa shape index (κ3) is 3.96. The fourth-order valence-electron chi connectivity index (χ4n) is 3.45. The molecule has 1 amide bonds. The van der Waals surface area contributed by atoms with E-state index in [0.29, 0.717) is 23.1 Å². The summed E-state index contributed by atoms with van der Waals surface area (Å²) in [5, 5.41) is 1.44. The predicted molar refractivity (Wildman–Crippen MR) is 105 cm³/mol. The van der Waals surface area contributed by atoms with Gasteiger partial charge in [-0.3, -0.25) is 4.79 Å². The van der Waals surface area contributed by atoms with Crippen molar-refractivity contribution in [1.82, 2.24) is 4.90 Å². The van der Waals surface area contributed by atoms with Crippen molar-refractivity contribution in [3.05, 3.63) is 42.0 Å². The monoisotopic (exact) mass is 405 g/mol. The quantitative estimate of drug-likeness (QED) is 0.707. The molecule has 1 saturated heterocycles. The number of esters is 1. The fraction of sp³-hybridized carbons (Fsp3) is 0.400. The second-order valence-corrected chi connectivity index (χ2v) is 9.14. The van der Waals surface area contributed by atoms with E-state index in [1.165, 1.54) is 11.8 Å². The van der Waals surface area contributed by atoms with E-state index >= 15 is 0 Å². The van der Waals surface area contributed by atoms with Crippen LogP contribution in [0.1, 0.15) is 23.7 Å². The lowest BCUT2D eigenvalue weighted by molar-refractivity contribution is -0.140. The van der Waals surface area contributed by atoms with Crippen molar-refractivity contribution in [3.8, 4) is 5.75 Å². The van der Waals surface area contributed by atoms with Gasteiger partial charge < -0.3 is 14.4 Å². The van der Waals surface area contributed by atoms with Gasteiger partial charge in [-0.2, -0.15) is 0 Å². The van der Waals surface area contributed by atoms with Crippen molar-refractivity contribution in [3.63, 3.8) is 0 Å². The average molecular weight is 405 g/mol. The number of likely N-dealkylation sites (N-methyl/N-ethyl adjacent to an activating group) is 1. The molecular formula is C20H23NO6S. The molecule has 1 fully saturated rings. The van der Waals surface area contributed by atoms with Crippen molar-refractivity contribution in [2.24, 2.45) is 0 Å². The van der Waals surface area contributed by atoms with E-state index in [-0.39, 0.29) is 17.5 Å². The molecule has 1 heterocycles. The zero-order valence-corrected chi connectivity index (χ0v) is 16.9. The maximum absolute atomic E-state index is 12.7. The molecule has 0 saturated carbocycles. The van der Waals surface area contributed by atoms with Gasteiger partial charge in [0.25, 0.3) is 5.91 Å². The van der Waals surface area contributed by atoms with Gasteiger partial charge in [0.1, 0.15) is 5.75 Å². The number of nitrogens with zero attached hydrogens (tertiary/aromatic N) is 1. The molecule has 0 spiro atoms. The molecular weight excluding hydrogens is 382 g/mol. The van der Waals surface area contributed by atoms with E-state index in [9.17, 15) is 18.0 Å². The summed E-state index contributed by atoms with van der Waals surface area (Å²) in [5.41, 5.74) is 0.335. The molecule has 0 aliphatic carbocycles. The summed E-state index contributed by atoms with van der Waals surface area (Å²) >= 11 is 0. The molecule has 7 nitrogen and oxygen atoms in total. The first-order valence-corrected chi connectivity index (χ1v) is 10.8. The standard InChI is InChI=1S/C20H23NO6S/c1-13(19(22)21(2)14-10-11-28(24,25)12-14)27-20(23)17-8-9-18(26-3)16-7-5-4-6-15(16)17/h4-9,13-14H,10-12H2,1-3H3/t13-,14-/m0/s1. The van der Waals surface area contributed by atoms with E-state index in [2.05, 4.69) is 0 Å². The number of fused-ring (bicyclic) bond motifs is 1. The first-order valence-electron chi connectivity index (χ1n) is 8.97. The van der Waals surface area contributed by atoms with Crippen LogP contribution in [0.5, 0.6) is 5.75 Å². The average Bonchev–Trinajstić information content (AvgIpc) is 3.05. The molecule has 3 rings (SSSR count). The first kappa shape index (κ1) is 20.1. The van der Waals surface area contributed by atoms with Gasteiger partial charge in [0, 0.05) is 18.5 Å². The Labute approximate surface area is 164 Å². The Bertz CT molecular complexity index is 1020. The summed E-state index contributed by atoms with van der Waals surface area (Å²) in [4.78, 5) is 26.7. The molecule has 8 heteroatoms. The maximum Gasteiger partial charge on any atom is 0.339 e. The Morgan fingerprint density at radius 3 is 2.43 bits per heavy atom. The Morgan fingerprint density at radius 2 is 1.82 bits per heavy atom. The summed E-state index contributed by atoms with van der Waals surface area (Å²) in [6.07, 6.45) is -0.629. The van der Waals surface area contributed by atoms with Crippen molar-refractivity contribution < 1.29 is 27.5 Å². The van der Waals surface area contributed by atoms with Crippen LogP contribution in [0.2, 0.25) is 0 Å². The summed E-state index contributed by atoms with van der Waals surface area (Å²) in [5.74, 6) is -0.390. The minimum Gasteiger partial charge on any atom is -0.496 e. The molecule has 1 aliphatic heterocycles. The number of sulfone groups is 1. The minimum atomic E-state index is -3.11. The molecule has 0 bridgehead atoms. The summed E-state index contributed by atoms with van der Waals surface area (Å²) in [6.45, 7) is 1.49. The number of rotatable bonds is 5. The number of benzene rings is 2. The topological polar surface area (TPSA) is 90.0 Å². The highest BCUT2D eigenvalue weighted by molar-refractivity contribution is 7.91. The SMILES string of the molecule is COc1ccc(C(=O)O[C@@H](C)C(=O)N(C)[C@H]2CCS(=O)(=O)C2)c2ccccc12. The normalized spacial score (nSPS) is 19.2. The van der Waals surface area contributed by atoms with Crippen LogP contribution >= 0.6 is 0 Å². The second-order valence-electron chi connectivity index (χ2n) is 6.91. The highest BCUT2D eigenvalue weighted by atomic mass is 32.2. The van der Waals surface area contributed by atoms with Crippen molar-refractivity contribution >= 4 is 32.5 Å². The third-order valence-electron chi connectivity index (χ3n) is 5.06. The number of hydrogen-bond donors (Lipinski definition) is 0. The Kier molecular flexibility index (Phi) is 5.60. The number of hydrogen-bond acceptors (Lipinski definition) is 6. The molecule has 1 aliphatic rings. The second kappa shape index (κ2) is 7.79. The fourth-order valence-corrected chi connectivity index (χ4v) is 5.22. The van der Waals surface area contributed by atoms with Gasteiger partial charge in [-0.05, 0) is 30.9 Å². The number of methoxy groups -OCH3 is 1. The summed E-state index contributed by atoms with van der Waals surface area (Å²) in [7, 11) is -0.0125. The predicted octanol–water partition coefficient (Wildman–Crippen LogP) is 2.04. The van der Waals surface area contributed by atoms with Gasteiger partial charge in [-0.1, -0.05) is 24.3 Å².